The zero-order chi connectivity index (χ0) is 19.7. The Morgan fingerprint density at radius 3 is 2.35 bits per heavy atom. The van der Waals surface area contributed by atoms with Gasteiger partial charge in [0.25, 0.3) is 5.69 Å². The van der Waals surface area contributed by atoms with E-state index in [1.165, 1.54) is 6.07 Å². The summed E-state index contributed by atoms with van der Waals surface area (Å²) >= 11 is 0. The van der Waals surface area contributed by atoms with Gasteiger partial charge in [0.1, 0.15) is 12.2 Å². The number of benzene rings is 1. The number of hydrogen-bond acceptors (Lipinski definition) is 5. The van der Waals surface area contributed by atoms with Crippen LogP contribution in [-0.4, -0.2) is 55.8 Å². The summed E-state index contributed by atoms with van der Waals surface area (Å²) < 4.78 is 62.2. The van der Waals surface area contributed by atoms with Crippen LogP contribution < -0.4 is 4.90 Å². The van der Waals surface area contributed by atoms with Crippen LogP contribution in [0.3, 0.4) is 0 Å². The highest BCUT2D eigenvalue weighted by Crippen LogP contribution is 2.33. The fourth-order valence-corrected chi connectivity index (χ4v) is 4.27. The molecule has 0 radical (unpaired) electrons. The van der Waals surface area contributed by atoms with E-state index in [2.05, 4.69) is 0 Å². The van der Waals surface area contributed by atoms with Gasteiger partial charge in [-0.05, 0) is 31.4 Å². The minimum Gasteiger partial charge on any atom is -0.366 e. The average molecular weight is 395 g/mol. The van der Waals surface area contributed by atoms with Gasteiger partial charge in [-0.15, -0.1) is 0 Å². The fourth-order valence-electron chi connectivity index (χ4n) is 3.14. The van der Waals surface area contributed by atoms with Gasteiger partial charge in [-0.2, -0.15) is 17.5 Å². The molecule has 0 bridgehead atoms. The quantitative estimate of drug-likeness (QED) is 0.565. The Morgan fingerprint density at radius 1 is 1.31 bits per heavy atom. The third kappa shape index (κ3) is 5.07. The summed E-state index contributed by atoms with van der Waals surface area (Å²) in [6, 6.07) is 3.99. The number of alkyl halides is 3. The van der Waals surface area contributed by atoms with Crippen molar-refractivity contribution in [1.82, 2.24) is 4.31 Å². The first-order valence-corrected chi connectivity index (χ1v) is 9.77. The minimum absolute atomic E-state index is 0.0706. The maximum atomic E-state index is 12.7. The number of nitro groups is 1. The molecule has 0 atom stereocenters. The van der Waals surface area contributed by atoms with Gasteiger partial charge in [0.05, 0.1) is 11.2 Å². The van der Waals surface area contributed by atoms with E-state index in [1.54, 1.807) is 24.0 Å². The molecule has 0 saturated carbocycles. The SMILES string of the molecule is Cc1ccc(N2CCC(N(CC(F)(F)F)S(C)(=O)=O)CC2)c([N+](=O)[O-])c1. The number of piperidine rings is 1. The lowest BCUT2D eigenvalue weighted by Crippen LogP contribution is -2.50. The number of halogens is 3. The van der Waals surface area contributed by atoms with E-state index in [4.69, 9.17) is 0 Å². The number of nitro benzene ring substituents is 1. The van der Waals surface area contributed by atoms with Crippen molar-refractivity contribution >= 4 is 21.4 Å². The standard InChI is InChI=1S/C15H20F3N3O4S/c1-11-3-4-13(14(9-11)21(22)23)19-7-5-12(6-8-19)20(26(2,24)25)10-15(16,17)18/h3-4,9,12H,5-8,10H2,1-2H3. The van der Waals surface area contributed by atoms with Gasteiger partial charge in [-0.3, -0.25) is 10.1 Å². The van der Waals surface area contributed by atoms with E-state index in [0.717, 1.165) is 11.8 Å². The number of nitrogens with zero attached hydrogens (tertiary/aromatic N) is 3. The van der Waals surface area contributed by atoms with E-state index in [-0.39, 0.29) is 31.6 Å². The second-order valence-electron chi connectivity index (χ2n) is 6.39. The second-order valence-corrected chi connectivity index (χ2v) is 8.33. The van der Waals surface area contributed by atoms with Crippen molar-refractivity contribution in [3.8, 4) is 0 Å². The van der Waals surface area contributed by atoms with Gasteiger partial charge in [-0.25, -0.2) is 8.42 Å². The van der Waals surface area contributed by atoms with Crippen molar-refractivity contribution in [2.45, 2.75) is 32.0 Å². The molecule has 0 amide bonds. The first-order chi connectivity index (χ1) is 11.9. The Morgan fingerprint density at radius 2 is 1.88 bits per heavy atom. The molecule has 26 heavy (non-hydrogen) atoms. The number of rotatable bonds is 5. The second kappa shape index (κ2) is 7.39. The topological polar surface area (TPSA) is 83.8 Å². The van der Waals surface area contributed by atoms with Gasteiger partial charge < -0.3 is 4.90 Å². The smallest absolute Gasteiger partial charge is 0.366 e. The molecular weight excluding hydrogens is 375 g/mol. The molecule has 1 aromatic carbocycles. The largest absolute Gasteiger partial charge is 0.402 e. The predicted octanol–water partition coefficient (Wildman–Crippen LogP) is 2.70. The van der Waals surface area contributed by atoms with Gasteiger partial charge in [0.15, 0.2) is 0 Å². The summed E-state index contributed by atoms with van der Waals surface area (Å²) in [7, 11) is -4.02. The summed E-state index contributed by atoms with van der Waals surface area (Å²) in [6.45, 7) is 0.669. The molecule has 0 spiro atoms. The summed E-state index contributed by atoms with van der Waals surface area (Å²) in [4.78, 5) is 12.5. The van der Waals surface area contributed by atoms with Crippen LogP contribution in [0.15, 0.2) is 18.2 Å². The molecule has 7 nitrogen and oxygen atoms in total. The Hall–Kier alpha value is -1.88. The molecule has 0 N–H and O–H groups in total. The van der Waals surface area contributed by atoms with Crippen molar-refractivity contribution in [1.29, 1.82) is 0 Å². The summed E-state index contributed by atoms with van der Waals surface area (Å²) in [6.07, 6.45) is -3.55. The first kappa shape index (κ1) is 20.4. The molecule has 11 heteroatoms. The molecule has 0 aliphatic carbocycles. The lowest BCUT2D eigenvalue weighted by atomic mass is 10.0. The van der Waals surface area contributed by atoms with Crippen molar-refractivity contribution < 1.29 is 26.5 Å². The van der Waals surface area contributed by atoms with E-state index in [0.29, 0.717) is 9.99 Å². The highest BCUT2D eigenvalue weighted by atomic mass is 32.2. The first-order valence-electron chi connectivity index (χ1n) is 7.92. The molecule has 146 valence electrons. The number of sulfonamides is 1. The minimum atomic E-state index is -4.63. The molecule has 1 saturated heterocycles. The summed E-state index contributed by atoms with van der Waals surface area (Å²) in [5, 5.41) is 11.2. The van der Waals surface area contributed by atoms with Gasteiger partial charge in [0, 0.05) is 25.2 Å². The van der Waals surface area contributed by atoms with Crippen LogP contribution in [0.1, 0.15) is 18.4 Å². The average Bonchev–Trinajstić information content (AvgIpc) is 2.51. The Kier molecular flexibility index (Phi) is 5.81. The van der Waals surface area contributed by atoms with Crippen LogP contribution in [0.25, 0.3) is 0 Å². The zero-order valence-corrected chi connectivity index (χ0v) is 15.2. The van der Waals surface area contributed by atoms with E-state index >= 15 is 0 Å². The van der Waals surface area contributed by atoms with Crippen molar-refractivity contribution in [2.75, 3.05) is 30.8 Å². The monoisotopic (exact) mass is 395 g/mol. The number of anilines is 1. The van der Waals surface area contributed by atoms with Crippen LogP contribution in [-0.2, 0) is 10.0 Å². The van der Waals surface area contributed by atoms with Crippen molar-refractivity contribution in [2.24, 2.45) is 0 Å². The van der Waals surface area contributed by atoms with Crippen LogP contribution in [0.5, 0.6) is 0 Å². The number of hydrogen-bond donors (Lipinski definition) is 0. The summed E-state index contributed by atoms with van der Waals surface area (Å²) in [5.41, 5.74) is 1.04. The highest BCUT2D eigenvalue weighted by Gasteiger charge is 2.39. The van der Waals surface area contributed by atoms with Crippen LogP contribution in [0.4, 0.5) is 24.5 Å². The molecule has 1 heterocycles. The molecule has 1 aliphatic heterocycles. The molecule has 0 unspecified atom stereocenters. The van der Waals surface area contributed by atoms with Crippen LogP contribution in [0.2, 0.25) is 0 Å². The normalized spacial score (nSPS) is 16.9. The third-order valence-electron chi connectivity index (χ3n) is 4.30. The van der Waals surface area contributed by atoms with Crippen molar-refractivity contribution in [3.63, 3.8) is 0 Å². The fraction of sp³-hybridized carbons (Fsp3) is 0.600. The van der Waals surface area contributed by atoms with Crippen molar-refractivity contribution in [3.05, 3.63) is 33.9 Å². The van der Waals surface area contributed by atoms with E-state index < -0.39 is 33.7 Å². The van der Waals surface area contributed by atoms with E-state index in [1.807, 2.05) is 0 Å². The van der Waals surface area contributed by atoms with Crippen LogP contribution in [0, 0.1) is 17.0 Å². The molecule has 1 aromatic rings. The highest BCUT2D eigenvalue weighted by molar-refractivity contribution is 7.88. The molecule has 2 rings (SSSR count). The lowest BCUT2D eigenvalue weighted by molar-refractivity contribution is -0.384. The van der Waals surface area contributed by atoms with Crippen LogP contribution >= 0.6 is 0 Å². The maximum absolute atomic E-state index is 12.7. The van der Waals surface area contributed by atoms with Gasteiger partial charge >= 0.3 is 6.18 Å². The Bertz CT molecular complexity index is 775. The van der Waals surface area contributed by atoms with E-state index in [9.17, 15) is 31.7 Å². The van der Waals surface area contributed by atoms with Gasteiger partial charge in [-0.1, -0.05) is 6.07 Å². The zero-order valence-electron chi connectivity index (χ0n) is 14.4. The summed E-state index contributed by atoms with van der Waals surface area (Å²) in [5.74, 6) is 0. The Balaban J connectivity index is 2.17. The number of aryl methyl sites for hydroxylation is 1. The predicted molar refractivity (Wildman–Crippen MR) is 90.7 cm³/mol. The maximum Gasteiger partial charge on any atom is 0.402 e. The molecular formula is C15H20F3N3O4S. The molecule has 1 aliphatic rings. The Labute approximate surface area is 149 Å². The molecule has 1 fully saturated rings. The molecule has 0 aromatic heterocycles. The van der Waals surface area contributed by atoms with Gasteiger partial charge in [0.2, 0.25) is 10.0 Å². The third-order valence-corrected chi connectivity index (χ3v) is 5.58. The lowest BCUT2D eigenvalue weighted by Gasteiger charge is -2.38.